The summed E-state index contributed by atoms with van der Waals surface area (Å²) in [5.41, 5.74) is 4.45. The standard InChI is InChI=1S/C12H16Cl2N2/c13-11-4-5-12(14)10(8-11)9-15-16-6-2-1-3-7-16/h4-5,8,15H,1-3,6-7,9H2. The highest BCUT2D eigenvalue weighted by Gasteiger charge is 2.10. The number of hydrogen-bond acceptors (Lipinski definition) is 2. The van der Waals surface area contributed by atoms with Crippen molar-refractivity contribution in [1.82, 2.24) is 10.4 Å². The number of nitrogens with zero attached hydrogens (tertiary/aromatic N) is 1. The Morgan fingerprint density at radius 2 is 1.88 bits per heavy atom. The largest absolute Gasteiger partial charge is 0.251 e. The van der Waals surface area contributed by atoms with Gasteiger partial charge in [-0.3, -0.25) is 5.43 Å². The molecule has 1 aromatic rings. The molecule has 0 atom stereocenters. The molecule has 2 nitrogen and oxygen atoms in total. The molecule has 1 saturated heterocycles. The van der Waals surface area contributed by atoms with Crippen molar-refractivity contribution in [2.75, 3.05) is 13.1 Å². The van der Waals surface area contributed by atoms with E-state index in [0.29, 0.717) is 0 Å². The van der Waals surface area contributed by atoms with Crippen LogP contribution in [-0.2, 0) is 6.54 Å². The zero-order valence-electron chi connectivity index (χ0n) is 9.18. The molecule has 0 unspecified atom stereocenters. The van der Waals surface area contributed by atoms with Gasteiger partial charge in [-0.15, -0.1) is 0 Å². The van der Waals surface area contributed by atoms with Crippen molar-refractivity contribution in [2.45, 2.75) is 25.8 Å². The summed E-state index contributed by atoms with van der Waals surface area (Å²) in [7, 11) is 0. The summed E-state index contributed by atoms with van der Waals surface area (Å²) in [6.07, 6.45) is 3.89. The van der Waals surface area contributed by atoms with E-state index in [0.717, 1.165) is 35.2 Å². The maximum atomic E-state index is 6.10. The van der Waals surface area contributed by atoms with Gasteiger partial charge in [0.25, 0.3) is 0 Å². The van der Waals surface area contributed by atoms with Crippen LogP contribution in [0.5, 0.6) is 0 Å². The van der Waals surface area contributed by atoms with Crippen LogP contribution in [-0.4, -0.2) is 18.1 Å². The van der Waals surface area contributed by atoms with Crippen LogP contribution in [0.2, 0.25) is 10.0 Å². The fraction of sp³-hybridized carbons (Fsp3) is 0.500. The smallest absolute Gasteiger partial charge is 0.0452 e. The Morgan fingerprint density at radius 3 is 2.62 bits per heavy atom. The SMILES string of the molecule is Clc1ccc(Cl)c(CNN2CCCCC2)c1. The van der Waals surface area contributed by atoms with Gasteiger partial charge in [-0.2, -0.15) is 0 Å². The van der Waals surface area contributed by atoms with Gasteiger partial charge < -0.3 is 0 Å². The molecule has 1 aliphatic heterocycles. The molecule has 0 saturated carbocycles. The average Bonchev–Trinajstić information content (AvgIpc) is 2.32. The molecule has 0 radical (unpaired) electrons. The van der Waals surface area contributed by atoms with Crippen molar-refractivity contribution in [3.8, 4) is 0 Å². The quantitative estimate of drug-likeness (QED) is 0.893. The predicted molar refractivity (Wildman–Crippen MR) is 68.7 cm³/mol. The van der Waals surface area contributed by atoms with E-state index in [1.807, 2.05) is 18.2 Å². The predicted octanol–water partition coefficient (Wildman–Crippen LogP) is 3.48. The lowest BCUT2D eigenvalue weighted by Gasteiger charge is -2.27. The van der Waals surface area contributed by atoms with Gasteiger partial charge in [0.15, 0.2) is 0 Å². The second kappa shape index (κ2) is 5.87. The van der Waals surface area contributed by atoms with Crippen LogP contribution in [0, 0.1) is 0 Å². The van der Waals surface area contributed by atoms with E-state index in [1.165, 1.54) is 19.3 Å². The summed E-state index contributed by atoms with van der Waals surface area (Å²) in [4.78, 5) is 0. The van der Waals surface area contributed by atoms with Crippen LogP contribution < -0.4 is 5.43 Å². The third kappa shape index (κ3) is 3.36. The molecule has 0 bridgehead atoms. The molecule has 0 amide bonds. The van der Waals surface area contributed by atoms with Crippen LogP contribution in [0.15, 0.2) is 18.2 Å². The fourth-order valence-electron chi connectivity index (χ4n) is 1.93. The Bertz CT molecular complexity index is 349. The first-order valence-electron chi connectivity index (χ1n) is 5.68. The van der Waals surface area contributed by atoms with Gasteiger partial charge in [0, 0.05) is 29.7 Å². The second-order valence-corrected chi connectivity index (χ2v) is 4.96. The number of halogens is 2. The van der Waals surface area contributed by atoms with Crippen LogP contribution in [0.25, 0.3) is 0 Å². The zero-order chi connectivity index (χ0) is 11.4. The highest BCUT2D eigenvalue weighted by molar-refractivity contribution is 6.33. The van der Waals surface area contributed by atoms with E-state index in [1.54, 1.807) is 0 Å². The number of nitrogens with one attached hydrogen (secondary N) is 1. The lowest BCUT2D eigenvalue weighted by molar-refractivity contribution is 0.151. The van der Waals surface area contributed by atoms with Crippen molar-refractivity contribution < 1.29 is 0 Å². The first-order valence-corrected chi connectivity index (χ1v) is 6.44. The van der Waals surface area contributed by atoms with E-state index >= 15 is 0 Å². The maximum absolute atomic E-state index is 6.10. The van der Waals surface area contributed by atoms with Crippen LogP contribution in [0.4, 0.5) is 0 Å². The van der Waals surface area contributed by atoms with Crippen molar-refractivity contribution in [1.29, 1.82) is 0 Å². The van der Waals surface area contributed by atoms with Gasteiger partial charge in [0.05, 0.1) is 0 Å². The number of rotatable bonds is 3. The molecular formula is C12H16Cl2N2. The lowest BCUT2D eigenvalue weighted by Crippen LogP contribution is -2.41. The van der Waals surface area contributed by atoms with E-state index < -0.39 is 0 Å². The van der Waals surface area contributed by atoms with E-state index in [2.05, 4.69) is 10.4 Å². The van der Waals surface area contributed by atoms with E-state index in [-0.39, 0.29) is 0 Å². The summed E-state index contributed by atoms with van der Waals surface area (Å²) >= 11 is 12.0. The van der Waals surface area contributed by atoms with Gasteiger partial charge >= 0.3 is 0 Å². The highest BCUT2D eigenvalue weighted by Crippen LogP contribution is 2.20. The van der Waals surface area contributed by atoms with E-state index in [4.69, 9.17) is 23.2 Å². The van der Waals surface area contributed by atoms with E-state index in [9.17, 15) is 0 Å². The van der Waals surface area contributed by atoms with Gasteiger partial charge in [-0.25, -0.2) is 5.01 Å². The third-order valence-corrected chi connectivity index (χ3v) is 3.46. The zero-order valence-corrected chi connectivity index (χ0v) is 10.7. The molecular weight excluding hydrogens is 243 g/mol. The normalized spacial score (nSPS) is 17.6. The molecule has 0 aliphatic carbocycles. The number of piperidine rings is 1. The van der Waals surface area contributed by atoms with Crippen molar-refractivity contribution in [3.63, 3.8) is 0 Å². The molecule has 88 valence electrons. The Hall–Kier alpha value is -0.280. The van der Waals surface area contributed by atoms with Gasteiger partial charge in [-0.05, 0) is 36.6 Å². The Labute approximate surface area is 107 Å². The Morgan fingerprint density at radius 1 is 1.12 bits per heavy atom. The monoisotopic (exact) mass is 258 g/mol. The van der Waals surface area contributed by atoms with Crippen LogP contribution >= 0.6 is 23.2 Å². The molecule has 16 heavy (non-hydrogen) atoms. The summed E-state index contributed by atoms with van der Waals surface area (Å²) in [5, 5.41) is 3.77. The fourth-order valence-corrected chi connectivity index (χ4v) is 2.31. The number of hydrazine groups is 1. The van der Waals surface area contributed by atoms with Crippen molar-refractivity contribution >= 4 is 23.2 Å². The van der Waals surface area contributed by atoms with Crippen LogP contribution in [0.1, 0.15) is 24.8 Å². The summed E-state index contributed by atoms with van der Waals surface area (Å²) < 4.78 is 0. The maximum Gasteiger partial charge on any atom is 0.0452 e. The van der Waals surface area contributed by atoms with Crippen LogP contribution in [0.3, 0.4) is 0 Å². The summed E-state index contributed by atoms with van der Waals surface area (Å²) in [6.45, 7) is 3.00. The Kier molecular flexibility index (Phi) is 4.47. The molecule has 1 N–H and O–H groups in total. The molecule has 0 spiro atoms. The molecule has 1 aromatic carbocycles. The molecule has 1 heterocycles. The molecule has 1 fully saturated rings. The molecule has 2 rings (SSSR count). The number of hydrogen-bond donors (Lipinski definition) is 1. The first kappa shape index (κ1) is 12.2. The summed E-state index contributed by atoms with van der Waals surface area (Å²) in [5.74, 6) is 0. The summed E-state index contributed by atoms with van der Waals surface area (Å²) in [6, 6.07) is 5.58. The molecule has 0 aromatic heterocycles. The Balaban J connectivity index is 1.90. The van der Waals surface area contributed by atoms with Crippen molar-refractivity contribution in [3.05, 3.63) is 33.8 Å². The topological polar surface area (TPSA) is 15.3 Å². The van der Waals surface area contributed by atoms with Gasteiger partial charge in [0.2, 0.25) is 0 Å². The average molecular weight is 259 g/mol. The second-order valence-electron chi connectivity index (χ2n) is 4.12. The molecule has 1 aliphatic rings. The van der Waals surface area contributed by atoms with Crippen molar-refractivity contribution in [2.24, 2.45) is 0 Å². The minimum atomic E-state index is 0.736. The highest BCUT2D eigenvalue weighted by atomic mass is 35.5. The first-order chi connectivity index (χ1) is 7.75. The van der Waals surface area contributed by atoms with Gasteiger partial charge in [0.1, 0.15) is 0 Å². The number of benzene rings is 1. The van der Waals surface area contributed by atoms with Gasteiger partial charge in [-0.1, -0.05) is 29.6 Å². The third-order valence-electron chi connectivity index (χ3n) is 2.86. The minimum absolute atomic E-state index is 0.736. The molecule has 4 heteroatoms. The lowest BCUT2D eigenvalue weighted by atomic mass is 10.2. The minimum Gasteiger partial charge on any atom is -0.251 e.